The fourth-order valence-corrected chi connectivity index (χ4v) is 6.94. The van der Waals surface area contributed by atoms with Crippen LogP contribution in [0, 0.1) is 17.8 Å². The minimum Gasteiger partial charge on any atom is -0.478 e. The quantitative estimate of drug-likeness (QED) is 0.385. The van der Waals surface area contributed by atoms with Crippen LogP contribution in [0.2, 0.25) is 0 Å². The van der Waals surface area contributed by atoms with Crippen LogP contribution in [0.15, 0.2) is 77.6 Å². The molecule has 1 spiro atoms. The van der Waals surface area contributed by atoms with Gasteiger partial charge in [-0.3, -0.25) is 24.3 Å². The molecule has 4 atom stereocenters. The van der Waals surface area contributed by atoms with Crippen LogP contribution in [0.1, 0.15) is 42.0 Å². The molecule has 0 bridgehead atoms. The summed E-state index contributed by atoms with van der Waals surface area (Å²) in [6.07, 6.45) is 0.633. The molecule has 9 nitrogen and oxygen atoms in total. The van der Waals surface area contributed by atoms with E-state index in [1.165, 1.54) is 29.2 Å². The minimum absolute atomic E-state index is 0.0629. The van der Waals surface area contributed by atoms with E-state index in [-0.39, 0.29) is 29.0 Å². The van der Waals surface area contributed by atoms with Crippen molar-refractivity contribution in [3.8, 4) is 5.69 Å². The van der Waals surface area contributed by atoms with Crippen LogP contribution in [0.5, 0.6) is 0 Å². The standard InChI is InChI=1S/C31H26N4O5/c1-16(2)15-22-24-25(28(38)34(27(24)37)18-13-11-17(12-14-18)29(39)40)31(33-22)20-8-4-6-10-23(20)35-26(36)19-7-3-5-9-21(19)32-30(31)35/h3-14,16,22,24-25,33H,15H2,1-2H3,(H,39,40). The Morgan fingerprint density at radius 2 is 1.68 bits per heavy atom. The summed E-state index contributed by atoms with van der Waals surface area (Å²) in [6.45, 7) is 4.14. The number of imide groups is 1. The average Bonchev–Trinajstić information content (AvgIpc) is 3.51. The summed E-state index contributed by atoms with van der Waals surface area (Å²) < 4.78 is 1.58. The van der Waals surface area contributed by atoms with Gasteiger partial charge in [0.1, 0.15) is 11.4 Å². The zero-order valence-electron chi connectivity index (χ0n) is 21.9. The van der Waals surface area contributed by atoms with Gasteiger partial charge >= 0.3 is 5.97 Å². The Morgan fingerprint density at radius 1 is 0.975 bits per heavy atom. The van der Waals surface area contributed by atoms with E-state index in [9.17, 15) is 24.3 Å². The fraction of sp³-hybridized carbons (Fsp3) is 0.258. The summed E-state index contributed by atoms with van der Waals surface area (Å²) in [4.78, 5) is 60.0. The first-order chi connectivity index (χ1) is 19.2. The molecule has 200 valence electrons. The minimum atomic E-state index is -1.20. The number of amides is 2. The van der Waals surface area contributed by atoms with E-state index in [4.69, 9.17) is 4.98 Å². The Kier molecular flexibility index (Phi) is 5.15. The number of carboxylic acid groups (broad SMARTS) is 1. The first-order valence-corrected chi connectivity index (χ1v) is 13.3. The van der Waals surface area contributed by atoms with Gasteiger partial charge in [-0.1, -0.05) is 44.2 Å². The van der Waals surface area contributed by atoms with Gasteiger partial charge in [0.2, 0.25) is 11.8 Å². The maximum Gasteiger partial charge on any atom is 0.335 e. The van der Waals surface area contributed by atoms with Crippen LogP contribution in [0.3, 0.4) is 0 Å². The number of benzene rings is 3. The smallest absolute Gasteiger partial charge is 0.335 e. The Labute approximate surface area is 229 Å². The molecule has 2 fully saturated rings. The van der Waals surface area contributed by atoms with Crippen LogP contribution in [0.25, 0.3) is 16.6 Å². The molecule has 3 aliphatic heterocycles. The molecule has 2 saturated heterocycles. The molecule has 40 heavy (non-hydrogen) atoms. The van der Waals surface area contributed by atoms with Gasteiger partial charge in [-0.2, -0.15) is 0 Å². The molecule has 0 aliphatic carbocycles. The van der Waals surface area contributed by atoms with Crippen LogP contribution < -0.4 is 15.8 Å². The molecule has 3 aliphatic rings. The van der Waals surface area contributed by atoms with Crippen molar-refractivity contribution in [1.29, 1.82) is 0 Å². The van der Waals surface area contributed by atoms with Crippen molar-refractivity contribution in [2.24, 2.45) is 17.8 Å². The predicted molar refractivity (Wildman–Crippen MR) is 147 cm³/mol. The van der Waals surface area contributed by atoms with Crippen molar-refractivity contribution in [1.82, 2.24) is 14.9 Å². The average molecular weight is 535 g/mol. The maximum atomic E-state index is 14.4. The molecular formula is C31H26N4O5. The molecule has 0 saturated carbocycles. The van der Waals surface area contributed by atoms with Crippen molar-refractivity contribution in [3.05, 3.63) is 100 Å². The van der Waals surface area contributed by atoms with Crippen LogP contribution in [-0.2, 0) is 15.1 Å². The van der Waals surface area contributed by atoms with E-state index in [0.29, 0.717) is 34.5 Å². The lowest BCUT2D eigenvalue weighted by atomic mass is 9.75. The normalized spacial score (nSPS) is 24.7. The lowest BCUT2D eigenvalue weighted by molar-refractivity contribution is -0.123. The molecule has 4 unspecified atom stereocenters. The lowest BCUT2D eigenvalue weighted by Crippen LogP contribution is -2.50. The third-order valence-electron chi connectivity index (χ3n) is 8.46. The second kappa shape index (κ2) is 8.43. The van der Waals surface area contributed by atoms with Crippen molar-refractivity contribution in [3.63, 3.8) is 0 Å². The summed E-state index contributed by atoms with van der Waals surface area (Å²) in [5.74, 6) is -2.76. The Hall–Kier alpha value is -4.63. The summed E-state index contributed by atoms with van der Waals surface area (Å²) in [5.41, 5.74) is 0.855. The second-order valence-corrected chi connectivity index (χ2v) is 11.2. The van der Waals surface area contributed by atoms with Crippen LogP contribution in [-0.4, -0.2) is 38.5 Å². The molecule has 3 aromatic carbocycles. The molecule has 4 heterocycles. The number of rotatable bonds is 4. The number of nitrogens with one attached hydrogen (secondary N) is 1. The number of hydrogen-bond donors (Lipinski definition) is 2. The van der Waals surface area contributed by atoms with E-state index in [2.05, 4.69) is 19.2 Å². The van der Waals surface area contributed by atoms with Gasteiger partial charge < -0.3 is 5.11 Å². The summed E-state index contributed by atoms with van der Waals surface area (Å²) >= 11 is 0. The van der Waals surface area contributed by atoms with Gasteiger partial charge in [0, 0.05) is 11.6 Å². The van der Waals surface area contributed by atoms with Gasteiger partial charge in [-0.15, -0.1) is 0 Å². The highest BCUT2D eigenvalue weighted by molar-refractivity contribution is 6.23. The number of para-hydroxylation sites is 2. The van der Waals surface area contributed by atoms with Crippen LogP contribution in [0.4, 0.5) is 5.69 Å². The molecular weight excluding hydrogens is 508 g/mol. The fourth-order valence-electron chi connectivity index (χ4n) is 6.94. The number of nitrogens with zero attached hydrogens (tertiary/aromatic N) is 3. The third kappa shape index (κ3) is 3.09. The first-order valence-electron chi connectivity index (χ1n) is 13.3. The van der Waals surface area contributed by atoms with E-state index in [1.807, 2.05) is 30.3 Å². The number of carbonyl (C=O) groups is 3. The molecule has 2 N–H and O–H groups in total. The zero-order chi connectivity index (χ0) is 27.9. The first kappa shape index (κ1) is 24.4. The van der Waals surface area contributed by atoms with Gasteiger partial charge in [0.25, 0.3) is 5.56 Å². The highest BCUT2D eigenvalue weighted by Crippen LogP contribution is 2.56. The molecule has 2 amide bonds. The molecule has 0 radical (unpaired) electrons. The van der Waals surface area contributed by atoms with E-state index in [1.54, 1.807) is 22.8 Å². The Morgan fingerprint density at radius 3 is 2.40 bits per heavy atom. The van der Waals surface area contributed by atoms with Crippen molar-refractivity contribution < 1.29 is 19.5 Å². The molecule has 4 aromatic rings. The van der Waals surface area contributed by atoms with Gasteiger partial charge in [-0.05, 0) is 54.8 Å². The van der Waals surface area contributed by atoms with E-state index in [0.717, 1.165) is 5.56 Å². The number of aromatic carboxylic acids is 1. The Balaban J connectivity index is 1.48. The highest BCUT2D eigenvalue weighted by atomic mass is 16.4. The third-order valence-corrected chi connectivity index (χ3v) is 8.46. The number of hydrogen-bond acceptors (Lipinski definition) is 6. The zero-order valence-corrected chi connectivity index (χ0v) is 21.9. The summed E-state index contributed by atoms with van der Waals surface area (Å²) in [7, 11) is 0. The van der Waals surface area contributed by atoms with Crippen molar-refractivity contribution in [2.75, 3.05) is 4.90 Å². The van der Waals surface area contributed by atoms with Crippen LogP contribution >= 0.6 is 0 Å². The number of anilines is 1. The number of aromatic nitrogens is 2. The second-order valence-electron chi connectivity index (χ2n) is 11.2. The number of fused-ring (bicyclic) bond motifs is 8. The maximum absolute atomic E-state index is 14.4. The van der Waals surface area contributed by atoms with Gasteiger partial charge in [-0.25, -0.2) is 14.7 Å². The number of carboxylic acids is 1. The molecule has 9 heteroatoms. The predicted octanol–water partition coefficient (Wildman–Crippen LogP) is 3.46. The van der Waals surface area contributed by atoms with E-state index < -0.39 is 29.3 Å². The van der Waals surface area contributed by atoms with Gasteiger partial charge in [0.05, 0.1) is 39.7 Å². The molecule has 1 aromatic heterocycles. The largest absolute Gasteiger partial charge is 0.478 e. The lowest BCUT2D eigenvalue weighted by Gasteiger charge is -2.32. The SMILES string of the molecule is CC(C)CC1NC2(c3ccccc3-n3c2nc2ccccc2c3=O)C2C(=O)N(c3ccc(C(=O)O)cc3)C(=O)C12. The summed E-state index contributed by atoms with van der Waals surface area (Å²) in [5, 5.41) is 13.5. The topological polar surface area (TPSA) is 122 Å². The van der Waals surface area contributed by atoms with Crippen molar-refractivity contribution >= 4 is 34.4 Å². The van der Waals surface area contributed by atoms with Gasteiger partial charge in [0.15, 0.2) is 0 Å². The molecule has 7 rings (SSSR count). The highest BCUT2D eigenvalue weighted by Gasteiger charge is 2.69. The summed E-state index contributed by atoms with van der Waals surface area (Å²) in [6, 6.07) is 20.0. The Bertz CT molecular complexity index is 1810. The monoisotopic (exact) mass is 534 g/mol. The van der Waals surface area contributed by atoms with Crippen molar-refractivity contribution in [2.45, 2.75) is 31.8 Å². The number of carbonyl (C=O) groups excluding carboxylic acids is 2. The van der Waals surface area contributed by atoms with E-state index >= 15 is 0 Å².